The normalized spacial score (nSPS) is 18.9. The van der Waals surface area contributed by atoms with Gasteiger partial charge in [-0.3, -0.25) is 0 Å². The summed E-state index contributed by atoms with van der Waals surface area (Å²) < 4.78 is 50.0. The van der Waals surface area contributed by atoms with Crippen LogP contribution in [0.4, 0.5) is 0 Å². The lowest BCUT2D eigenvalue weighted by atomic mass is 9.98. The van der Waals surface area contributed by atoms with Crippen LogP contribution >= 0.6 is 47.0 Å². The summed E-state index contributed by atoms with van der Waals surface area (Å²) in [5.41, 5.74) is 39.7. The topological polar surface area (TPSA) is 295 Å². The number of thioether (sulfide) groups is 4. The van der Waals surface area contributed by atoms with E-state index in [1.165, 1.54) is 0 Å². The molecule has 326 valence electrons. The van der Waals surface area contributed by atoms with E-state index < -0.39 is 30.7 Å². The van der Waals surface area contributed by atoms with Gasteiger partial charge in [0.1, 0.15) is 24.4 Å². The van der Waals surface area contributed by atoms with Crippen molar-refractivity contribution in [2.24, 2.45) is 26.2 Å². The fourth-order valence-electron chi connectivity index (χ4n) is 4.95. The molecular formula is C32H61N13O8S4. The van der Waals surface area contributed by atoms with Gasteiger partial charge < -0.3 is 43.6 Å². The molecule has 1 aliphatic rings. The Balaban J connectivity index is 3.14. The largest absolute Gasteiger partial charge is 0.379 e. The van der Waals surface area contributed by atoms with Gasteiger partial charge in [-0.1, -0.05) is 20.5 Å². The van der Waals surface area contributed by atoms with Gasteiger partial charge in [0.2, 0.25) is 0 Å². The van der Waals surface area contributed by atoms with E-state index in [4.69, 9.17) is 65.8 Å². The first-order chi connectivity index (χ1) is 28.2. The van der Waals surface area contributed by atoms with Gasteiger partial charge in [0, 0.05) is 78.8 Å². The van der Waals surface area contributed by atoms with Crippen LogP contribution < -0.4 is 5.73 Å². The molecule has 2 N–H and O–H groups in total. The molecule has 0 spiro atoms. The maximum Gasteiger partial charge on any atom is 0.187 e. The summed E-state index contributed by atoms with van der Waals surface area (Å²) in [5, 5.41) is 14.4. The molecule has 25 heteroatoms. The summed E-state index contributed by atoms with van der Waals surface area (Å²) in [6.07, 6.45) is 0.0207. The summed E-state index contributed by atoms with van der Waals surface area (Å²) >= 11 is 6.78. The van der Waals surface area contributed by atoms with Crippen LogP contribution in [0, 0.1) is 0 Å². The molecule has 0 saturated carbocycles. The molecule has 5 atom stereocenters. The first kappa shape index (κ1) is 53.3. The van der Waals surface area contributed by atoms with E-state index in [0.717, 1.165) is 71.7 Å². The molecular weight excluding hydrogens is 823 g/mol. The number of hydrogen-bond acceptors (Lipinski definition) is 17. The van der Waals surface area contributed by atoms with Crippen LogP contribution in [0.5, 0.6) is 0 Å². The van der Waals surface area contributed by atoms with Crippen molar-refractivity contribution in [3.63, 3.8) is 0 Å². The Kier molecular flexibility index (Phi) is 39.7. The van der Waals surface area contributed by atoms with Crippen LogP contribution in [0.1, 0.15) is 25.7 Å². The molecule has 0 aromatic rings. The first-order valence-corrected chi connectivity index (χ1v) is 23.7. The standard InChI is InChI=1S/C32H61N13O8S4/c33-5-14-46-15-16-47-17-18-52-32-31(51-13-4-22-57-26-9-41-45-37)30(50-12-3-21-56-25-8-40-44-36)29(49-11-2-20-55-24-7-39-43-35)28(53-32)27-48-10-1-19-54-23-6-38-42-34/h28-32H,1-27,33H2/t28?,29-,30?,31?,32-/m1/s1. The predicted octanol–water partition coefficient (Wildman–Crippen LogP) is 6.63. The average molecular weight is 884 g/mol. The van der Waals surface area contributed by atoms with Crippen LogP contribution in [0.25, 0.3) is 41.8 Å². The van der Waals surface area contributed by atoms with Crippen molar-refractivity contribution in [2.75, 3.05) is 145 Å². The van der Waals surface area contributed by atoms with Gasteiger partial charge in [0.25, 0.3) is 0 Å². The molecule has 1 aliphatic heterocycles. The number of nitrogens with two attached hydrogens (primary N) is 1. The maximum atomic E-state index is 8.58. The Morgan fingerprint density at radius 1 is 0.456 bits per heavy atom. The molecule has 3 unspecified atom stereocenters. The summed E-state index contributed by atoms with van der Waals surface area (Å²) in [6, 6.07) is 0. The van der Waals surface area contributed by atoms with Crippen LogP contribution in [0.2, 0.25) is 0 Å². The second-order valence-corrected chi connectivity index (χ2v) is 16.6. The number of rotatable bonds is 42. The lowest BCUT2D eigenvalue weighted by Crippen LogP contribution is -2.62. The lowest BCUT2D eigenvalue weighted by Gasteiger charge is -2.46. The summed E-state index contributed by atoms with van der Waals surface area (Å²) in [4.78, 5) is 11.2. The van der Waals surface area contributed by atoms with Gasteiger partial charge in [-0.15, -0.1) is 0 Å². The molecule has 21 nitrogen and oxygen atoms in total. The van der Waals surface area contributed by atoms with Gasteiger partial charge in [0.15, 0.2) is 6.29 Å². The highest BCUT2D eigenvalue weighted by atomic mass is 32.2. The second-order valence-electron chi connectivity index (χ2n) is 11.7. The van der Waals surface area contributed by atoms with Crippen molar-refractivity contribution in [1.29, 1.82) is 0 Å². The Labute approximate surface area is 352 Å². The number of nitrogens with zero attached hydrogens (tertiary/aromatic N) is 12. The molecule has 0 radical (unpaired) electrons. The highest BCUT2D eigenvalue weighted by Gasteiger charge is 2.49. The SMILES string of the molecule is [N-]=[N+]=NCCSCCCOCC1O[C@@H](OCCOCCOCCN)C(OCCCSCCN=[N+]=[N-])C(OCCCSCCN=[N+]=[N-])[C@@H]1OCCCSCCN=[N+]=[N-]. The molecule has 1 rings (SSSR count). The molecule has 1 fully saturated rings. The second kappa shape index (κ2) is 42.4. The van der Waals surface area contributed by atoms with Crippen molar-refractivity contribution >= 4 is 47.0 Å². The minimum absolute atomic E-state index is 0.241. The third-order valence-corrected chi connectivity index (χ3v) is 11.6. The smallest absolute Gasteiger partial charge is 0.187 e. The monoisotopic (exact) mass is 883 g/mol. The van der Waals surface area contributed by atoms with Crippen molar-refractivity contribution in [3.05, 3.63) is 41.8 Å². The highest BCUT2D eigenvalue weighted by molar-refractivity contribution is 7.99. The van der Waals surface area contributed by atoms with E-state index in [1.807, 2.05) is 0 Å². The van der Waals surface area contributed by atoms with Crippen molar-refractivity contribution < 1.29 is 37.9 Å². The van der Waals surface area contributed by atoms with Crippen LogP contribution in [0.3, 0.4) is 0 Å². The summed E-state index contributed by atoms with van der Waals surface area (Å²) in [5.74, 6) is 6.25. The Morgan fingerprint density at radius 2 is 0.877 bits per heavy atom. The Bertz CT molecular complexity index is 1160. The fourth-order valence-corrected chi connectivity index (χ4v) is 7.90. The molecule has 0 bridgehead atoms. The molecule has 0 aromatic carbocycles. The average Bonchev–Trinajstić information content (AvgIpc) is 3.22. The van der Waals surface area contributed by atoms with E-state index in [-0.39, 0.29) is 13.2 Å². The van der Waals surface area contributed by atoms with Gasteiger partial charge >= 0.3 is 0 Å². The fraction of sp³-hybridized carbons (Fsp3) is 1.00. The van der Waals surface area contributed by atoms with Gasteiger partial charge in [-0.2, -0.15) is 47.0 Å². The van der Waals surface area contributed by atoms with E-state index in [1.54, 1.807) is 47.0 Å². The zero-order chi connectivity index (χ0) is 41.1. The molecule has 57 heavy (non-hydrogen) atoms. The molecule has 0 aliphatic carbocycles. The molecule has 0 aromatic heterocycles. The molecule has 0 amide bonds. The maximum absolute atomic E-state index is 8.58. The summed E-state index contributed by atoms with van der Waals surface area (Å²) in [7, 11) is 0. The van der Waals surface area contributed by atoms with E-state index in [2.05, 4.69) is 40.1 Å². The van der Waals surface area contributed by atoms with Crippen LogP contribution in [0.15, 0.2) is 20.5 Å². The van der Waals surface area contributed by atoms with Crippen molar-refractivity contribution in [1.82, 2.24) is 0 Å². The van der Waals surface area contributed by atoms with Gasteiger partial charge in [-0.05, 0) is 93.8 Å². The van der Waals surface area contributed by atoms with E-state index in [0.29, 0.717) is 85.6 Å². The van der Waals surface area contributed by atoms with Crippen molar-refractivity contribution in [3.8, 4) is 0 Å². The minimum atomic E-state index is -0.802. The molecule has 1 heterocycles. The van der Waals surface area contributed by atoms with E-state index in [9.17, 15) is 0 Å². The molecule has 1 saturated heterocycles. The lowest BCUT2D eigenvalue weighted by molar-refractivity contribution is -0.324. The van der Waals surface area contributed by atoms with Crippen LogP contribution in [-0.2, 0) is 37.9 Å². The Hall–Kier alpha value is -1.72. The van der Waals surface area contributed by atoms with Crippen LogP contribution in [-0.4, -0.2) is 176 Å². The zero-order valence-electron chi connectivity index (χ0n) is 32.8. The quantitative estimate of drug-likeness (QED) is 0.0292. The summed E-state index contributed by atoms with van der Waals surface area (Å²) in [6.45, 7) is 6.09. The highest BCUT2D eigenvalue weighted by Crippen LogP contribution is 2.30. The van der Waals surface area contributed by atoms with Gasteiger partial charge in [-0.25, -0.2) is 0 Å². The number of azide groups is 4. The predicted molar refractivity (Wildman–Crippen MR) is 229 cm³/mol. The zero-order valence-corrected chi connectivity index (χ0v) is 36.1. The minimum Gasteiger partial charge on any atom is -0.379 e. The number of ether oxygens (including phenoxy) is 8. The van der Waals surface area contributed by atoms with E-state index >= 15 is 0 Å². The third kappa shape index (κ3) is 30.9. The first-order valence-electron chi connectivity index (χ1n) is 19.1. The van der Waals surface area contributed by atoms with Crippen molar-refractivity contribution in [2.45, 2.75) is 56.4 Å². The Morgan fingerprint density at radius 3 is 1.35 bits per heavy atom. The van der Waals surface area contributed by atoms with Gasteiger partial charge in [0.05, 0.1) is 39.6 Å². The number of hydrogen-bond donors (Lipinski definition) is 1. The third-order valence-electron chi connectivity index (χ3n) is 7.42.